The lowest BCUT2D eigenvalue weighted by molar-refractivity contribution is 0.858. The molecule has 20 heavy (non-hydrogen) atoms. The smallest absolute Gasteiger partial charge is 0.280 e. The van der Waals surface area contributed by atoms with Crippen LogP contribution < -0.4 is 5.56 Å². The van der Waals surface area contributed by atoms with E-state index >= 15 is 0 Å². The van der Waals surface area contributed by atoms with Gasteiger partial charge in [0.2, 0.25) is 0 Å². The Morgan fingerprint density at radius 3 is 2.70 bits per heavy atom. The Balaban J connectivity index is 2.44. The number of hydrogen-bond donors (Lipinski definition) is 0. The van der Waals surface area contributed by atoms with Crippen molar-refractivity contribution in [3.8, 4) is 5.69 Å². The number of aryl methyl sites for hydroxylation is 1. The van der Waals surface area contributed by atoms with E-state index in [1.54, 1.807) is 6.07 Å². The Hall–Kier alpha value is -2.13. The van der Waals surface area contributed by atoms with Gasteiger partial charge in [-0.2, -0.15) is 4.98 Å². The normalized spacial score (nSPS) is 10.9. The van der Waals surface area contributed by atoms with Gasteiger partial charge in [-0.3, -0.25) is 9.36 Å². The van der Waals surface area contributed by atoms with Crippen LogP contribution in [0.15, 0.2) is 53.3 Å². The Morgan fingerprint density at radius 1 is 1.15 bits per heavy atom. The second-order valence-electron chi connectivity index (χ2n) is 4.52. The fourth-order valence-corrected chi connectivity index (χ4v) is 2.54. The lowest BCUT2D eigenvalue weighted by Gasteiger charge is -2.15. The first-order valence-electron chi connectivity index (χ1n) is 6.47. The van der Waals surface area contributed by atoms with Crippen LogP contribution in [0.4, 0.5) is 0 Å². The van der Waals surface area contributed by atoms with Gasteiger partial charge in [-0.05, 0) is 30.3 Å². The first-order valence-corrected chi connectivity index (χ1v) is 6.85. The van der Waals surface area contributed by atoms with E-state index in [4.69, 9.17) is 11.6 Å². The molecule has 0 aliphatic carbocycles. The molecule has 0 aliphatic rings. The summed E-state index contributed by atoms with van der Waals surface area (Å²) in [4.78, 5) is 16.2. The van der Waals surface area contributed by atoms with E-state index in [1.165, 1.54) is 0 Å². The molecule has 0 saturated heterocycles. The lowest BCUT2D eigenvalue weighted by atomic mass is 10.2. The van der Waals surface area contributed by atoms with Crippen molar-refractivity contribution in [2.24, 2.45) is 0 Å². The van der Waals surface area contributed by atoms with E-state index in [2.05, 4.69) is 4.98 Å². The van der Waals surface area contributed by atoms with E-state index < -0.39 is 0 Å². The molecule has 0 bridgehead atoms. The maximum atomic E-state index is 12.1. The number of benzene rings is 2. The van der Waals surface area contributed by atoms with Crippen molar-refractivity contribution in [1.82, 2.24) is 9.55 Å². The third kappa shape index (κ3) is 2.10. The summed E-state index contributed by atoms with van der Waals surface area (Å²) in [5, 5.41) is 1.28. The van der Waals surface area contributed by atoms with Gasteiger partial charge in [0, 0.05) is 17.1 Å². The summed E-state index contributed by atoms with van der Waals surface area (Å²) < 4.78 is 1.99. The zero-order valence-corrected chi connectivity index (χ0v) is 11.8. The number of halogens is 1. The van der Waals surface area contributed by atoms with Crippen LogP contribution in [0.2, 0.25) is 5.02 Å². The molecule has 1 aromatic heterocycles. The van der Waals surface area contributed by atoms with Crippen LogP contribution in [-0.4, -0.2) is 9.55 Å². The van der Waals surface area contributed by atoms with Crippen LogP contribution >= 0.6 is 11.6 Å². The highest BCUT2D eigenvalue weighted by Gasteiger charge is 2.10. The number of fused-ring (bicyclic) bond motifs is 1. The zero-order chi connectivity index (χ0) is 14.1. The van der Waals surface area contributed by atoms with Crippen LogP contribution in [0.3, 0.4) is 0 Å². The molecule has 3 rings (SSSR count). The summed E-state index contributed by atoms with van der Waals surface area (Å²) in [6.45, 7) is 1.98. The third-order valence-electron chi connectivity index (χ3n) is 3.25. The molecule has 0 atom stereocenters. The summed E-state index contributed by atoms with van der Waals surface area (Å²) in [5.74, 6) is 0.732. The van der Waals surface area contributed by atoms with Gasteiger partial charge >= 0.3 is 0 Å². The molecule has 0 amide bonds. The van der Waals surface area contributed by atoms with Crippen molar-refractivity contribution < 1.29 is 0 Å². The van der Waals surface area contributed by atoms with Gasteiger partial charge in [0.15, 0.2) is 0 Å². The first-order chi connectivity index (χ1) is 9.70. The van der Waals surface area contributed by atoms with Crippen molar-refractivity contribution in [3.05, 3.63) is 69.7 Å². The monoisotopic (exact) mass is 284 g/mol. The number of rotatable bonds is 2. The number of hydrogen-bond acceptors (Lipinski definition) is 2. The predicted molar refractivity (Wildman–Crippen MR) is 81.7 cm³/mol. The van der Waals surface area contributed by atoms with E-state index in [1.807, 2.05) is 54.0 Å². The zero-order valence-electron chi connectivity index (χ0n) is 11.0. The van der Waals surface area contributed by atoms with Crippen molar-refractivity contribution in [2.75, 3.05) is 0 Å². The highest BCUT2D eigenvalue weighted by molar-refractivity contribution is 6.30. The molecule has 0 saturated carbocycles. The van der Waals surface area contributed by atoms with Gasteiger partial charge in [0.05, 0.1) is 10.9 Å². The van der Waals surface area contributed by atoms with Crippen molar-refractivity contribution in [3.63, 3.8) is 0 Å². The average molecular weight is 285 g/mol. The third-order valence-corrected chi connectivity index (χ3v) is 3.48. The van der Waals surface area contributed by atoms with Gasteiger partial charge in [0.1, 0.15) is 5.82 Å². The maximum Gasteiger partial charge on any atom is 0.280 e. The van der Waals surface area contributed by atoms with E-state index in [9.17, 15) is 4.79 Å². The molecule has 0 N–H and O–H groups in total. The van der Waals surface area contributed by atoms with Gasteiger partial charge in [-0.1, -0.05) is 36.7 Å². The van der Waals surface area contributed by atoms with Crippen molar-refractivity contribution in [2.45, 2.75) is 13.3 Å². The Labute approximate surface area is 121 Å². The number of para-hydroxylation sites is 1. The maximum absolute atomic E-state index is 12.1. The Bertz CT molecular complexity index is 839. The molecule has 0 radical (unpaired) electrons. The van der Waals surface area contributed by atoms with Gasteiger partial charge in [-0.25, -0.2) is 0 Å². The fraction of sp³-hybridized carbons (Fsp3) is 0.125. The van der Waals surface area contributed by atoms with E-state index in [-0.39, 0.29) is 5.56 Å². The Morgan fingerprint density at radius 2 is 1.95 bits per heavy atom. The largest absolute Gasteiger partial charge is 0.298 e. The van der Waals surface area contributed by atoms with E-state index in [0.717, 1.165) is 17.0 Å². The van der Waals surface area contributed by atoms with Crippen molar-refractivity contribution >= 4 is 22.5 Å². The molecular formula is C16H13ClN2O. The fourth-order valence-electron chi connectivity index (χ4n) is 2.36. The second-order valence-corrected chi connectivity index (χ2v) is 4.96. The minimum atomic E-state index is -0.185. The highest BCUT2D eigenvalue weighted by Crippen LogP contribution is 2.21. The summed E-state index contributed by atoms with van der Waals surface area (Å²) in [5.41, 5.74) is 1.58. The molecule has 0 aliphatic heterocycles. The van der Waals surface area contributed by atoms with Gasteiger partial charge < -0.3 is 0 Å². The van der Waals surface area contributed by atoms with Crippen LogP contribution in [0.1, 0.15) is 12.7 Å². The Kier molecular flexibility index (Phi) is 3.28. The molecular weight excluding hydrogens is 272 g/mol. The SMILES string of the molecule is CCc1nc(=O)c2ccccc2n1-c1cccc(Cl)c1. The molecule has 4 heteroatoms. The van der Waals surface area contributed by atoms with E-state index in [0.29, 0.717) is 16.8 Å². The van der Waals surface area contributed by atoms with Crippen LogP contribution in [0, 0.1) is 0 Å². The predicted octanol–water partition coefficient (Wildman–Crippen LogP) is 3.60. The molecule has 3 aromatic rings. The molecule has 3 nitrogen and oxygen atoms in total. The highest BCUT2D eigenvalue weighted by atomic mass is 35.5. The summed E-state index contributed by atoms with van der Waals surface area (Å²) >= 11 is 6.08. The van der Waals surface area contributed by atoms with Crippen LogP contribution in [0.25, 0.3) is 16.6 Å². The van der Waals surface area contributed by atoms with Crippen LogP contribution in [0.5, 0.6) is 0 Å². The van der Waals surface area contributed by atoms with Gasteiger partial charge in [0.25, 0.3) is 5.56 Å². The second kappa shape index (κ2) is 5.10. The van der Waals surface area contributed by atoms with Crippen LogP contribution in [-0.2, 0) is 6.42 Å². The number of aromatic nitrogens is 2. The summed E-state index contributed by atoms with van der Waals surface area (Å²) in [6.07, 6.45) is 0.673. The molecule has 0 unspecified atom stereocenters. The lowest BCUT2D eigenvalue weighted by Crippen LogP contribution is -2.17. The topological polar surface area (TPSA) is 34.9 Å². The average Bonchev–Trinajstić information content (AvgIpc) is 2.47. The quantitative estimate of drug-likeness (QED) is 0.721. The molecule has 2 aromatic carbocycles. The summed E-state index contributed by atoms with van der Waals surface area (Å²) in [7, 11) is 0. The standard InChI is InChI=1S/C16H13ClN2O/c1-2-15-18-16(20)13-8-3-4-9-14(13)19(15)12-7-5-6-11(17)10-12/h3-10H,2H2,1H3. The minimum Gasteiger partial charge on any atom is -0.298 e. The summed E-state index contributed by atoms with van der Waals surface area (Å²) in [6, 6.07) is 15.0. The van der Waals surface area contributed by atoms with Crippen molar-refractivity contribution in [1.29, 1.82) is 0 Å². The first kappa shape index (κ1) is 12.9. The molecule has 100 valence electrons. The molecule has 1 heterocycles. The molecule has 0 fully saturated rings. The molecule has 0 spiro atoms. The number of nitrogens with zero attached hydrogens (tertiary/aromatic N) is 2. The van der Waals surface area contributed by atoms with Gasteiger partial charge in [-0.15, -0.1) is 0 Å². The minimum absolute atomic E-state index is 0.185.